The molecule has 0 aliphatic heterocycles. The highest BCUT2D eigenvalue weighted by Crippen LogP contribution is 2.25. The lowest BCUT2D eigenvalue weighted by molar-refractivity contribution is -0.384. The van der Waals surface area contributed by atoms with Gasteiger partial charge >= 0.3 is 0 Å². The number of hydrogen-bond donors (Lipinski definition) is 1. The minimum absolute atomic E-state index is 0.00978. The van der Waals surface area contributed by atoms with E-state index in [1.165, 1.54) is 23.4 Å². The summed E-state index contributed by atoms with van der Waals surface area (Å²) < 4.78 is 0. The first kappa shape index (κ1) is 13.9. The number of hydrogen-bond acceptors (Lipinski definition) is 5. The first-order chi connectivity index (χ1) is 9.49. The number of aromatic amines is 1. The van der Waals surface area contributed by atoms with Crippen LogP contribution >= 0.6 is 11.6 Å². The van der Waals surface area contributed by atoms with Crippen LogP contribution in [0.15, 0.2) is 24.5 Å². The molecule has 20 heavy (non-hydrogen) atoms. The third-order valence-electron chi connectivity index (χ3n) is 2.59. The van der Waals surface area contributed by atoms with Crippen molar-refractivity contribution in [3.05, 3.63) is 51.1 Å². The quantitative estimate of drug-likeness (QED) is 0.682. The molecule has 0 radical (unpaired) electrons. The highest BCUT2D eigenvalue weighted by molar-refractivity contribution is 6.32. The number of nitro groups is 1. The average Bonchev–Trinajstić information content (AvgIpc) is 2.91. The van der Waals surface area contributed by atoms with Gasteiger partial charge in [0.05, 0.1) is 11.5 Å². The average molecular weight is 296 g/mol. The summed E-state index contributed by atoms with van der Waals surface area (Å²) in [6.07, 6.45) is 1.33. The number of rotatable bonds is 4. The Hall–Kier alpha value is -2.48. The molecule has 1 heterocycles. The first-order valence-electron chi connectivity index (χ1n) is 5.52. The molecule has 0 fully saturated rings. The predicted octanol–water partition coefficient (Wildman–Crippen LogP) is 1.64. The van der Waals surface area contributed by atoms with Gasteiger partial charge in [-0.1, -0.05) is 11.6 Å². The van der Waals surface area contributed by atoms with Gasteiger partial charge in [-0.2, -0.15) is 5.10 Å². The van der Waals surface area contributed by atoms with Gasteiger partial charge in [-0.05, 0) is 12.1 Å². The van der Waals surface area contributed by atoms with E-state index < -0.39 is 4.92 Å². The molecular formula is C11H10ClN5O3. The molecule has 0 saturated heterocycles. The van der Waals surface area contributed by atoms with Gasteiger partial charge in [-0.15, -0.1) is 0 Å². The number of carbonyl (C=O) groups is 1. The van der Waals surface area contributed by atoms with Gasteiger partial charge in [0.15, 0.2) is 0 Å². The molecule has 0 aliphatic rings. The zero-order valence-electron chi connectivity index (χ0n) is 10.4. The Morgan fingerprint density at radius 2 is 2.30 bits per heavy atom. The van der Waals surface area contributed by atoms with Gasteiger partial charge in [0.2, 0.25) is 0 Å². The maximum atomic E-state index is 12.2. The summed E-state index contributed by atoms with van der Waals surface area (Å²) in [7, 11) is 1.56. The summed E-state index contributed by atoms with van der Waals surface area (Å²) in [5.41, 5.74) is -0.117. The number of nitro benzene ring substituents is 1. The highest BCUT2D eigenvalue weighted by atomic mass is 35.5. The number of benzene rings is 1. The lowest BCUT2D eigenvalue weighted by Crippen LogP contribution is -2.26. The summed E-state index contributed by atoms with van der Waals surface area (Å²) in [5, 5.41) is 17.1. The van der Waals surface area contributed by atoms with Gasteiger partial charge in [0, 0.05) is 18.7 Å². The monoisotopic (exact) mass is 295 g/mol. The highest BCUT2D eigenvalue weighted by Gasteiger charge is 2.19. The Bertz CT molecular complexity index is 644. The third-order valence-corrected chi connectivity index (χ3v) is 2.91. The molecule has 0 saturated carbocycles. The molecule has 1 amide bonds. The molecular weight excluding hydrogens is 286 g/mol. The molecule has 8 nitrogen and oxygen atoms in total. The van der Waals surface area contributed by atoms with Crippen molar-refractivity contribution in [2.24, 2.45) is 0 Å². The number of carbonyl (C=O) groups excluding carboxylic acids is 1. The van der Waals surface area contributed by atoms with E-state index in [1.807, 2.05) is 0 Å². The largest absolute Gasteiger partial charge is 0.334 e. The van der Waals surface area contributed by atoms with Crippen molar-refractivity contribution < 1.29 is 9.72 Å². The summed E-state index contributed by atoms with van der Waals surface area (Å²) in [5.74, 6) is 0.144. The van der Waals surface area contributed by atoms with Crippen LogP contribution in [0, 0.1) is 10.1 Å². The molecule has 1 N–H and O–H groups in total. The van der Waals surface area contributed by atoms with Crippen molar-refractivity contribution in [3.8, 4) is 0 Å². The van der Waals surface area contributed by atoms with Crippen LogP contribution in [0.2, 0.25) is 5.02 Å². The van der Waals surface area contributed by atoms with Crippen LogP contribution in [0.3, 0.4) is 0 Å². The second kappa shape index (κ2) is 5.66. The summed E-state index contributed by atoms with van der Waals surface area (Å²) in [4.78, 5) is 27.6. The predicted molar refractivity (Wildman–Crippen MR) is 70.3 cm³/mol. The number of aromatic nitrogens is 3. The van der Waals surface area contributed by atoms with E-state index in [9.17, 15) is 14.9 Å². The zero-order chi connectivity index (χ0) is 14.7. The smallest absolute Gasteiger partial charge is 0.288 e. The molecule has 2 aromatic rings. The van der Waals surface area contributed by atoms with Crippen molar-refractivity contribution >= 4 is 23.2 Å². The van der Waals surface area contributed by atoms with Crippen molar-refractivity contribution in [2.45, 2.75) is 6.54 Å². The maximum Gasteiger partial charge on any atom is 0.288 e. The molecule has 0 aliphatic carbocycles. The van der Waals surface area contributed by atoms with Crippen LogP contribution in [0.25, 0.3) is 0 Å². The molecule has 104 valence electrons. The van der Waals surface area contributed by atoms with Crippen molar-refractivity contribution in [2.75, 3.05) is 7.05 Å². The zero-order valence-corrected chi connectivity index (χ0v) is 11.2. The second-order valence-corrected chi connectivity index (χ2v) is 4.42. The molecule has 0 bridgehead atoms. The standard InChI is InChI=1S/C11H10ClN5O3/c1-16(5-10-13-6-14-15-10)11(18)7-2-3-8(12)9(4-7)17(19)20/h2-4,6H,5H2,1H3,(H,13,14,15). The summed E-state index contributed by atoms with van der Waals surface area (Å²) in [6.45, 7) is 0.218. The van der Waals surface area contributed by atoms with Gasteiger partial charge < -0.3 is 4.90 Å². The Morgan fingerprint density at radius 3 is 2.90 bits per heavy atom. The first-order valence-corrected chi connectivity index (χ1v) is 5.90. The number of nitrogens with one attached hydrogen (secondary N) is 1. The Kier molecular flexibility index (Phi) is 3.94. The van der Waals surface area contributed by atoms with E-state index >= 15 is 0 Å². The molecule has 0 unspecified atom stereocenters. The van der Waals surface area contributed by atoms with E-state index in [2.05, 4.69) is 15.2 Å². The molecule has 1 aromatic carbocycles. The normalized spacial score (nSPS) is 10.3. The van der Waals surface area contributed by atoms with E-state index in [4.69, 9.17) is 11.6 Å². The topological polar surface area (TPSA) is 105 Å². The fraction of sp³-hybridized carbons (Fsp3) is 0.182. The number of nitrogens with zero attached hydrogens (tertiary/aromatic N) is 4. The molecule has 0 spiro atoms. The Labute approximate surface area is 118 Å². The summed E-state index contributed by atoms with van der Waals surface area (Å²) in [6, 6.07) is 3.92. The Morgan fingerprint density at radius 1 is 1.55 bits per heavy atom. The van der Waals surface area contributed by atoms with Gasteiger partial charge in [0.25, 0.3) is 11.6 Å². The third kappa shape index (κ3) is 2.91. The van der Waals surface area contributed by atoms with E-state index in [0.717, 1.165) is 6.07 Å². The fourth-order valence-electron chi connectivity index (χ4n) is 1.61. The van der Waals surface area contributed by atoms with Crippen LogP contribution in [-0.2, 0) is 6.54 Å². The molecule has 9 heteroatoms. The van der Waals surface area contributed by atoms with E-state index in [-0.39, 0.29) is 28.7 Å². The molecule has 2 rings (SSSR count). The minimum atomic E-state index is -0.629. The Balaban J connectivity index is 2.20. The molecule has 1 aromatic heterocycles. The van der Waals surface area contributed by atoms with E-state index in [0.29, 0.717) is 5.82 Å². The number of amides is 1. The van der Waals surface area contributed by atoms with Crippen LogP contribution in [0.4, 0.5) is 5.69 Å². The van der Waals surface area contributed by atoms with Crippen LogP contribution in [-0.4, -0.2) is 38.0 Å². The summed E-state index contributed by atoms with van der Waals surface area (Å²) >= 11 is 5.70. The van der Waals surface area contributed by atoms with Crippen molar-refractivity contribution in [3.63, 3.8) is 0 Å². The van der Waals surface area contributed by atoms with Crippen LogP contribution in [0.5, 0.6) is 0 Å². The van der Waals surface area contributed by atoms with Crippen molar-refractivity contribution in [1.29, 1.82) is 0 Å². The fourth-order valence-corrected chi connectivity index (χ4v) is 1.80. The van der Waals surface area contributed by atoms with Crippen LogP contribution in [0.1, 0.15) is 16.2 Å². The van der Waals surface area contributed by atoms with Crippen LogP contribution < -0.4 is 0 Å². The lowest BCUT2D eigenvalue weighted by Gasteiger charge is -2.15. The van der Waals surface area contributed by atoms with E-state index in [1.54, 1.807) is 7.05 Å². The number of halogens is 1. The SMILES string of the molecule is CN(Cc1ncn[nH]1)C(=O)c1ccc(Cl)c([N+](=O)[O-])c1. The minimum Gasteiger partial charge on any atom is -0.334 e. The van der Waals surface area contributed by atoms with Gasteiger partial charge in [-0.25, -0.2) is 4.98 Å². The van der Waals surface area contributed by atoms with Gasteiger partial charge in [0.1, 0.15) is 17.2 Å². The van der Waals surface area contributed by atoms with Crippen molar-refractivity contribution in [1.82, 2.24) is 20.1 Å². The molecule has 0 atom stereocenters. The number of H-pyrrole nitrogens is 1. The lowest BCUT2D eigenvalue weighted by atomic mass is 10.2. The van der Waals surface area contributed by atoms with Gasteiger partial charge in [-0.3, -0.25) is 20.0 Å². The second-order valence-electron chi connectivity index (χ2n) is 4.02. The maximum absolute atomic E-state index is 12.2.